The highest BCUT2D eigenvalue weighted by atomic mass is 32.2. The van der Waals surface area contributed by atoms with Crippen LogP contribution in [0.1, 0.15) is 20.7 Å². The van der Waals surface area contributed by atoms with Gasteiger partial charge in [0.05, 0.1) is 48.9 Å². The molecule has 0 bridgehead atoms. The Kier molecular flexibility index (Phi) is 5.96. The highest BCUT2D eigenvalue weighted by Crippen LogP contribution is 2.31. The smallest absolute Gasteiger partial charge is 0.335 e. The minimum atomic E-state index is -1.04. The Morgan fingerprint density at radius 3 is 1.56 bits per heavy atom. The molecular formula is C16H16N2O6S. The topological polar surface area (TPSA) is 117 Å². The fourth-order valence-electron chi connectivity index (χ4n) is 1.95. The Morgan fingerprint density at radius 2 is 1.24 bits per heavy atom. The van der Waals surface area contributed by atoms with Gasteiger partial charge in [-0.25, -0.2) is 9.59 Å². The standard InChI is InChI=1S/C16H16N2O6S/c1-23-13-7-9(15(19)20)3-5-11(13)17-25-18-12-6-4-10(16(21)22)8-14(12)24-2/h3-8,17-18H,1-2H3,(H,19,20)(H,21,22). The van der Waals surface area contributed by atoms with Gasteiger partial charge in [0.1, 0.15) is 11.5 Å². The highest BCUT2D eigenvalue weighted by molar-refractivity contribution is 8.01. The van der Waals surface area contributed by atoms with Gasteiger partial charge in [0.25, 0.3) is 0 Å². The van der Waals surface area contributed by atoms with Crippen LogP contribution < -0.4 is 18.9 Å². The summed E-state index contributed by atoms with van der Waals surface area (Å²) in [7, 11) is 2.88. The summed E-state index contributed by atoms with van der Waals surface area (Å²) >= 11 is 1.09. The second kappa shape index (κ2) is 8.15. The largest absolute Gasteiger partial charge is 0.495 e. The number of hydrogen-bond donors (Lipinski definition) is 4. The van der Waals surface area contributed by atoms with E-state index in [1.165, 1.54) is 38.5 Å². The molecule has 2 aromatic rings. The maximum absolute atomic E-state index is 11.0. The zero-order valence-electron chi connectivity index (χ0n) is 13.4. The van der Waals surface area contributed by atoms with Gasteiger partial charge in [-0.2, -0.15) is 0 Å². The van der Waals surface area contributed by atoms with Crippen molar-refractivity contribution in [3.05, 3.63) is 47.5 Å². The molecule has 4 N–H and O–H groups in total. The van der Waals surface area contributed by atoms with Crippen molar-refractivity contribution in [2.24, 2.45) is 0 Å². The number of methoxy groups -OCH3 is 2. The van der Waals surface area contributed by atoms with Crippen molar-refractivity contribution in [1.82, 2.24) is 0 Å². The second-order valence-electron chi connectivity index (χ2n) is 4.75. The Hall–Kier alpha value is -3.07. The number of aromatic carboxylic acids is 2. The average Bonchev–Trinajstić information content (AvgIpc) is 2.61. The lowest BCUT2D eigenvalue weighted by Crippen LogP contribution is -2.02. The molecule has 0 aromatic heterocycles. The summed E-state index contributed by atoms with van der Waals surface area (Å²) in [6, 6.07) is 8.90. The van der Waals surface area contributed by atoms with Crippen LogP contribution in [0, 0.1) is 0 Å². The molecule has 0 atom stereocenters. The van der Waals surface area contributed by atoms with E-state index in [4.69, 9.17) is 19.7 Å². The van der Waals surface area contributed by atoms with E-state index in [1.54, 1.807) is 12.1 Å². The zero-order valence-corrected chi connectivity index (χ0v) is 14.2. The number of carboxylic acids is 2. The van der Waals surface area contributed by atoms with Gasteiger partial charge in [-0.05, 0) is 36.4 Å². The lowest BCUT2D eigenvalue weighted by atomic mass is 10.2. The third kappa shape index (κ3) is 4.48. The van der Waals surface area contributed by atoms with E-state index in [0.29, 0.717) is 22.9 Å². The van der Waals surface area contributed by atoms with Crippen LogP contribution >= 0.6 is 12.1 Å². The molecule has 0 radical (unpaired) electrons. The molecule has 25 heavy (non-hydrogen) atoms. The maximum atomic E-state index is 11.0. The van der Waals surface area contributed by atoms with Crippen LogP contribution in [-0.2, 0) is 0 Å². The number of anilines is 2. The van der Waals surface area contributed by atoms with Crippen molar-refractivity contribution in [1.29, 1.82) is 0 Å². The van der Waals surface area contributed by atoms with Crippen LogP contribution in [0.15, 0.2) is 36.4 Å². The molecule has 0 heterocycles. The summed E-state index contributed by atoms with van der Waals surface area (Å²) in [4.78, 5) is 22.0. The molecule has 132 valence electrons. The van der Waals surface area contributed by atoms with Crippen molar-refractivity contribution in [2.75, 3.05) is 23.7 Å². The molecule has 0 saturated heterocycles. The predicted octanol–water partition coefficient (Wildman–Crippen LogP) is 3.19. The molecule has 0 saturated carbocycles. The third-order valence-corrected chi connectivity index (χ3v) is 3.86. The number of hydrogen-bond acceptors (Lipinski definition) is 7. The van der Waals surface area contributed by atoms with Crippen LogP contribution in [0.2, 0.25) is 0 Å². The van der Waals surface area contributed by atoms with Crippen molar-refractivity contribution < 1.29 is 29.3 Å². The Bertz CT molecular complexity index is 731. The monoisotopic (exact) mass is 364 g/mol. The molecule has 9 heteroatoms. The molecule has 0 aliphatic carbocycles. The quantitative estimate of drug-likeness (QED) is 0.524. The zero-order chi connectivity index (χ0) is 18.4. The lowest BCUT2D eigenvalue weighted by molar-refractivity contribution is 0.0686. The van der Waals surface area contributed by atoms with Crippen molar-refractivity contribution in [3.8, 4) is 11.5 Å². The number of rotatable bonds is 8. The van der Waals surface area contributed by atoms with Gasteiger partial charge in [0, 0.05) is 0 Å². The molecule has 0 unspecified atom stereocenters. The van der Waals surface area contributed by atoms with Gasteiger partial charge >= 0.3 is 11.9 Å². The van der Waals surface area contributed by atoms with Gasteiger partial charge in [-0.1, -0.05) is 0 Å². The van der Waals surface area contributed by atoms with Crippen molar-refractivity contribution in [2.45, 2.75) is 0 Å². The Morgan fingerprint density at radius 1 is 0.840 bits per heavy atom. The average molecular weight is 364 g/mol. The summed E-state index contributed by atoms with van der Waals surface area (Å²) in [5, 5.41) is 18.0. The Balaban J connectivity index is 2.08. The first-order chi connectivity index (χ1) is 12.0. The first-order valence-electron chi connectivity index (χ1n) is 6.96. The summed E-state index contributed by atoms with van der Waals surface area (Å²) in [5.41, 5.74) is 1.38. The number of benzene rings is 2. The molecule has 2 rings (SSSR count). The number of carbonyl (C=O) groups is 2. The normalized spacial score (nSPS) is 10.0. The van der Waals surface area contributed by atoms with Gasteiger partial charge in [0.2, 0.25) is 0 Å². The summed E-state index contributed by atoms with van der Waals surface area (Å²) in [5.74, 6) is -1.33. The molecule has 0 aliphatic rings. The predicted molar refractivity (Wildman–Crippen MR) is 94.7 cm³/mol. The second-order valence-corrected chi connectivity index (χ2v) is 5.36. The first kappa shape index (κ1) is 18.3. The van der Waals surface area contributed by atoms with E-state index in [-0.39, 0.29) is 11.1 Å². The third-order valence-electron chi connectivity index (χ3n) is 3.22. The first-order valence-corrected chi connectivity index (χ1v) is 7.78. The van der Waals surface area contributed by atoms with Crippen molar-refractivity contribution >= 4 is 35.4 Å². The van der Waals surface area contributed by atoms with Gasteiger partial charge in [-0.3, -0.25) is 0 Å². The van der Waals surface area contributed by atoms with Gasteiger partial charge < -0.3 is 29.1 Å². The highest BCUT2D eigenvalue weighted by Gasteiger charge is 2.11. The number of nitrogens with one attached hydrogen (secondary N) is 2. The van der Waals surface area contributed by atoms with E-state index in [9.17, 15) is 9.59 Å². The fraction of sp³-hybridized carbons (Fsp3) is 0.125. The number of ether oxygens (including phenoxy) is 2. The molecule has 2 aromatic carbocycles. The van der Waals surface area contributed by atoms with Gasteiger partial charge in [-0.15, -0.1) is 0 Å². The molecule has 0 amide bonds. The van der Waals surface area contributed by atoms with Crippen LogP contribution in [-0.4, -0.2) is 36.4 Å². The van der Waals surface area contributed by atoms with E-state index >= 15 is 0 Å². The van der Waals surface area contributed by atoms with Gasteiger partial charge in [0.15, 0.2) is 0 Å². The molecule has 0 fully saturated rings. The van der Waals surface area contributed by atoms with Crippen LogP contribution in [0.5, 0.6) is 11.5 Å². The summed E-state index contributed by atoms with van der Waals surface area (Å²) in [6.07, 6.45) is 0. The van der Waals surface area contributed by atoms with Crippen LogP contribution in [0.3, 0.4) is 0 Å². The van der Waals surface area contributed by atoms with E-state index in [2.05, 4.69) is 9.44 Å². The molecule has 0 aliphatic heterocycles. The minimum absolute atomic E-state index is 0.117. The SMILES string of the molecule is COc1cc(C(=O)O)ccc1NSNc1ccc(C(=O)O)cc1OC. The van der Waals surface area contributed by atoms with E-state index in [0.717, 1.165) is 12.1 Å². The van der Waals surface area contributed by atoms with Crippen molar-refractivity contribution in [3.63, 3.8) is 0 Å². The maximum Gasteiger partial charge on any atom is 0.335 e. The lowest BCUT2D eigenvalue weighted by Gasteiger charge is -2.14. The number of carboxylic acid groups (broad SMARTS) is 2. The molecular weight excluding hydrogens is 348 g/mol. The van der Waals surface area contributed by atoms with Crippen LogP contribution in [0.4, 0.5) is 11.4 Å². The van der Waals surface area contributed by atoms with E-state index < -0.39 is 11.9 Å². The molecule has 0 spiro atoms. The Labute approximate surface area is 148 Å². The summed E-state index contributed by atoms with van der Waals surface area (Å²) in [6.45, 7) is 0. The van der Waals surface area contributed by atoms with E-state index in [1.807, 2.05) is 0 Å². The minimum Gasteiger partial charge on any atom is -0.495 e. The summed E-state index contributed by atoms with van der Waals surface area (Å²) < 4.78 is 16.3. The fourth-order valence-corrected chi connectivity index (χ4v) is 2.56. The van der Waals surface area contributed by atoms with Crippen LogP contribution in [0.25, 0.3) is 0 Å². The molecule has 8 nitrogen and oxygen atoms in total.